The molecule has 3 heterocycles. The van der Waals surface area contributed by atoms with Crippen molar-refractivity contribution in [2.24, 2.45) is 0 Å². The number of fused-ring (bicyclic) bond motifs is 1. The van der Waals surface area contributed by atoms with Crippen LogP contribution in [0.1, 0.15) is 29.7 Å². The highest BCUT2D eigenvalue weighted by Crippen LogP contribution is 2.53. The number of rotatable bonds is 6. The van der Waals surface area contributed by atoms with E-state index < -0.39 is 6.16 Å². The molecule has 1 aliphatic carbocycles. The van der Waals surface area contributed by atoms with Crippen molar-refractivity contribution in [1.82, 2.24) is 14.9 Å². The monoisotopic (exact) mass is 475 g/mol. The molecular formula is C26H22FN3O3S. The summed E-state index contributed by atoms with van der Waals surface area (Å²) in [6.07, 6.45) is 2.40. The molecular weight excluding hydrogens is 453 g/mol. The van der Waals surface area contributed by atoms with E-state index in [9.17, 15) is 4.79 Å². The van der Waals surface area contributed by atoms with Crippen molar-refractivity contribution in [3.8, 4) is 10.6 Å². The summed E-state index contributed by atoms with van der Waals surface area (Å²) in [7, 11) is 0. The first-order chi connectivity index (χ1) is 16.5. The number of aromatic nitrogens is 2. The van der Waals surface area contributed by atoms with Gasteiger partial charge in [0.2, 0.25) is 0 Å². The quantitative estimate of drug-likeness (QED) is 0.374. The third-order valence-corrected chi connectivity index (χ3v) is 7.75. The third kappa shape index (κ3) is 3.82. The van der Waals surface area contributed by atoms with Gasteiger partial charge in [0, 0.05) is 30.6 Å². The van der Waals surface area contributed by atoms with Crippen molar-refractivity contribution in [1.29, 1.82) is 0 Å². The Bertz CT molecular complexity index is 1380. The van der Waals surface area contributed by atoms with Crippen molar-refractivity contribution in [2.75, 3.05) is 13.1 Å². The van der Waals surface area contributed by atoms with E-state index in [2.05, 4.69) is 35.3 Å². The fourth-order valence-corrected chi connectivity index (χ4v) is 5.74. The van der Waals surface area contributed by atoms with Gasteiger partial charge in [0.05, 0.1) is 16.6 Å². The Kier molecular flexibility index (Phi) is 5.08. The van der Waals surface area contributed by atoms with Crippen LogP contribution in [-0.2, 0) is 16.7 Å². The minimum Gasteiger partial charge on any atom is -0.450 e. The number of pyridine rings is 1. The van der Waals surface area contributed by atoms with Crippen LogP contribution in [0.2, 0.25) is 0 Å². The molecule has 4 aromatic rings. The minimum absolute atomic E-state index is 0.0160. The molecule has 2 fully saturated rings. The van der Waals surface area contributed by atoms with E-state index >= 15 is 4.39 Å². The van der Waals surface area contributed by atoms with Gasteiger partial charge in [-0.3, -0.25) is 9.88 Å². The van der Waals surface area contributed by atoms with Crippen molar-refractivity contribution in [3.05, 3.63) is 83.4 Å². The van der Waals surface area contributed by atoms with Gasteiger partial charge in [-0.25, -0.2) is 14.2 Å². The molecule has 34 heavy (non-hydrogen) atoms. The highest BCUT2D eigenvalue weighted by molar-refractivity contribution is 7.21. The summed E-state index contributed by atoms with van der Waals surface area (Å²) >= 11 is 1.49. The molecule has 0 radical (unpaired) electrons. The Morgan fingerprint density at radius 3 is 2.68 bits per heavy atom. The highest BCUT2D eigenvalue weighted by Gasteiger charge is 2.47. The maximum absolute atomic E-state index is 15.0. The van der Waals surface area contributed by atoms with Crippen LogP contribution in [0.25, 0.3) is 20.8 Å². The molecule has 1 aliphatic heterocycles. The fourth-order valence-electron chi connectivity index (χ4n) is 4.74. The Morgan fingerprint density at radius 1 is 1.18 bits per heavy atom. The van der Waals surface area contributed by atoms with Crippen LogP contribution in [-0.4, -0.2) is 45.3 Å². The minimum atomic E-state index is -1.26. The molecule has 1 saturated carbocycles. The first kappa shape index (κ1) is 21.2. The van der Waals surface area contributed by atoms with E-state index in [0.717, 1.165) is 34.3 Å². The number of halogens is 1. The van der Waals surface area contributed by atoms with Crippen LogP contribution in [0.5, 0.6) is 0 Å². The Balaban J connectivity index is 1.21. The summed E-state index contributed by atoms with van der Waals surface area (Å²) in [5, 5.41) is 9.30. The van der Waals surface area contributed by atoms with E-state index in [1.165, 1.54) is 23.0 Å². The maximum Gasteiger partial charge on any atom is 0.506 e. The van der Waals surface area contributed by atoms with E-state index in [-0.39, 0.29) is 17.3 Å². The molecule has 0 amide bonds. The number of likely N-dealkylation sites (tertiary alicyclic amines) is 1. The van der Waals surface area contributed by atoms with Gasteiger partial charge in [-0.05, 0) is 42.2 Å². The third-order valence-electron chi connectivity index (χ3n) is 6.70. The normalized spacial score (nSPS) is 17.4. The predicted octanol–water partition coefficient (Wildman–Crippen LogP) is 5.46. The molecule has 8 heteroatoms. The number of nitrogens with zero attached hydrogens (tertiary/aromatic N) is 3. The summed E-state index contributed by atoms with van der Waals surface area (Å²) in [5.41, 5.74) is 4.41. The topological polar surface area (TPSA) is 75.6 Å². The van der Waals surface area contributed by atoms with Crippen LogP contribution in [0.3, 0.4) is 0 Å². The number of thiazole rings is 1. The lowest BCUT2D eigenvalue weighted by Crippen LogP contribution is -2.52. The van der Waals surface area contributed by atoms with Gasteiger partial charge in [0.25, 0.3) is 0 Å². The summed E-state index contributed by atoms with van der Waals surface area (Å²) < 4.78 is 20.8. The van der Waals surface area contributed by atoms with Gasteiger partial charge in [-0.2, -0.15) is 0 Å². The molecule has 6 nitrogen and oxygen atoms in total. The molecule has 2 aromatic heterocycles. The van der Waals surface area contributed by atoms with Crippen LogP contribution in [0, 0.1) is 5.82 Å². The molecule has 172 valence electrons. The van der Waals surface area contributed by atoms with Gasteiger partial charge >= 0.3 is 6.16 Å². The standard InChI is InChI=1S/C26H22FN3O3S/c27-20-10-16(13-30-14-18(15-30)33-25(31)32)6-7-19(20)24-29-21-12-28-23(11-22(21)34-24)26(8-9-26)17-4-2-1-3-5-17/h1-7,10-12,18H,8-9,13-15H2,(H,31,32). The first-order valence-corrected chi connectivity index (χ1v) is 12.1. The first-order valence-electron chi connectivity index (χ1n) is 11.2. The summed E-state index contributed by atoms with van der Waals surface area (Å²) in [4.78, 5) is 22.0. The summed E-state index contributed by atoms with van der Waals surface area (Å²) in [6, 6.07) is 17.8. The van der Waals surface area contributed by atoms with Gasteiger partial charge in [-0.1, -0.05) is 36.4 Å². The number of benzene rings is 2. The molecule has 0 atom stereocenters. The number of carbonyl (C=O) groups is 1. The van der Waals surface area contributed by atoms with Gasteiger partial charge in [0.15, 0.2) is 0 Å². The molecule has 1 saturated heterocycles. The predicted molar refractivity (Wildman–Crippen MR) is 127 cm³/mol. The van der Waals surface area contributed by atoms with Gasteiger partial charge in [0.1, 0.15) is 22.4 Å². The second-order valence-electron chi connectivity index (χ2n) is 9.02. The maximum atomic E-state index is 15.0. The van der Waals surface area contributed by atoms with Crippen molar-refractivity contribution >= 4 is 27.7 Å². The average Bonchev–Trinajstić information content (AvgIpc) is 3.51. The number of hydrogen-bond acceptors (Lipinski definition) is 6. The highest BCUT2D eigenvalue weighted by atomic mass is 32.1. The van der Waals surface area contributed by atoms with Crippen LogP contribution < -0.4 is 0 Å². The average molecular weight is 476 g/mol. The zero-order valence-corrected chi connectivity index (χ0v) is 19.1. The summed E-state index contributed by atoms with van der Waals surface area (Å²) in [5.74, 6) is -0.313. The molecule has 2 aromatic carbocycles. The molecule has 1 N–H and O–H groups in total. The van der Waals surface area contributed by atoms with Crippen LogP contribution in [0.15, 0.2) is 60.8 Å². The van der Waals surface area contributed by atoms with Gasteiger partial charge < -0.3 is 9.84 Å². The van der Waals surface area contributed by atoms with E-state index in [0.29, 0.717) is 30.2 Å². The second-order valence-corrected chi connectivity index (χ2v) is 10.0. The number of carboxylic acid groups (broad SMARTS) is 1. The number of ether oxygens (including phenoxy) is 1. The Labute approximate surface area is 199 Å². The lowest BCUT2D eigenvalue weighted by Gasteiger charge is -2.37. The van der Waals surface area contributed by atoms with E-state index in [1.807, 2.05) is 17.0 Å². The lowest BCUT2D eigenvalue weighted by molar-refractivity contribution is -0.0363. The molecule has 0 spiro atoms. The van der Waals surface area contributed by atoms with E-state index in [4.69, 9.17) is 14.8 Å². The summed E-state index contributed by atoms with van der Waals surface area (Å²) in [6.45, 7) is 1.59. The zero-order valence-electron chi connectivity index (χ0n) is 18.3. The second kappa shape index (κ2) is 8.14. The Hall–Kier alpha value is -3.36. The SMILES string of the molecule is O=C(O)OC1CN(Cc2ccc(-c3nc4cnc(C5(c6ccccc6)CC5)cc4s3)c(F)c2)C1. The lowest BCUT2D eigenvalue weighted by atomic mass is 9.92. The van der Waals surface area contributed by atoms with Crippen LogP contribution >= 0.6 is 11.3 Å². The molecule has 0 bridgehead atoms. The van der Waals surface area contributed by atoms with Crippen molar-refractivity contribution < 1.29 is 19.0 Å². The largest absolute Gasteiger partial charge is 0.506 e. The number of hydrogen-bond donors (Lipinski definition) is 1. The van der Waals surface area contributed by atoms with Gasteiger partial charge in [-0.15, -0.1) is 11.3 Å². The smallest absolute Gasteiger partial charge is 0.450 e. The van der Waals surface area contributed by atoms with Crippen molar-refractivity contribution in [2.45, 2.75) is 30.9 Å². The molecule has 2 aliphatic rings. The Morgan fingerprint density at radius 2 is 1.97 bits per heavy atom. The molecule has 0 unspecified atom stereocenters. The van der Waals surface area contributed by atoms with Crippen LogP contribution in [0.4, 0.5) is 9.18 Å². The van der Waals surface area contributed by atoms with E-state index in [1.54, 1.807) is 12.3 Å². The molecule has 6 rings (SSSR count). The van der Waals surface area contributed by atoms with Crippen molar-refractivity contribution in [3.63, 3.8) is 0 Å². The zero-order chi connectivity index (χ0) is 23.3. The fraction of sp³-hybridized carbons (Fsp3) is 0.269.